The zero-order chi connectivity index (χ0) is 20.1. The van der Waals surface area contributed by atoms with Crippen LogP contribution in [0, 0.1) is 38.0 Å². The van der Waals surface area contributed by atoms with Crippen molar-refractivity contribution in [2.45, 2.75) is 86.2 Å². The van der Waals surface area contributed by atoms with E-state index < -0.39 is 5.60 Å². The van der Waals surface area contributed by atoms with Gasteiger partial charge in [0.2, 0.25) is 0 Å². The average Bonchev–Trinajstić information content (AvgIpc) is 2.59. The molecule has 0 saturated heterocycles. The predicted molar refractivity (Wildman–Crippen MR) is 110 cm³/mol. The molecule has 0 aromatic heterocycles. The Bertz CT molecular complexity index is 756. The van der Waals surface area contributed by atoms with Gasteiger partial charge in [0.25, 0.3) is 0 Å². The maximum Gasteiger partial charge on any atom is 0.139 e. The molecule has 3 heteroatoms. The number of fused-ring (bicyclic) bond motifs is 1. The van der Waals surface area contributed by atoms with Gasteiger partial charge in [-0.1, -0.05) is 20.8 Å². The summed E-state index contributed by atoms with van der Waals surface area (Å²) in [6.07, 6.45) is 4.48. The molecule has 1 fully saturated rings. The lowest BCUT2D eigenvalue weighted by Gasteiger charge is -2.47. The highest BCUT2D eigenvalue weighted by Crippen LogP contribution is 2.49. The quantitative estimate of drug-likeness (QED) is 0.664. The van der Waals surface area contributed by atoms with Gasteiger partial charge in [-0.15, -0.1) is 0 Å². The number of Topliss-reactive ketones (excluding diaryl/α,β-unsaturated/α-hetero) is 1. The van der Waals surface area contributed by atoms with E-state index in [2.05, 4.69) is 48.5 Å². The van der Waals surface area contributed by atoms with Gasteiger partial charge in [-0.25, -0.2) is 0 Å². The number of carbonyl (C=O) groups is 1. The van der Waals surface area contributed by atoms with Crippen molar-refractivity contribution in [2.24, 2.45) is 17.3 Å². The minimum Gasteiger partial charge on any atom is -0.496 e. The van der Waals surface area contributed by atoms with Gasteiger partial charge in [-0.2, -0.15) is 0 Å². The molecule has 0 N–H and O–H groups in total. The van der Waals surface area contributed by atoms with Crippen LogP contribution in [-0.2, 0) is 11.2 Å². The Morgan fingerprint density at radius 2 is 1.74 bits per heavy atom. The molecule has 3 nitrogen and oxygen atoms in total. The molecule has 3 rings (SSSR count). The average molecular weight is 373 g/mol. The van der Waals surface area contributed by atoms with Crippen molar-refractivity contribution in [3.63, 3.8) is 0 Å². The highest BCUT2D eigenvalue weighted by atomic mass is 16.5. The van der Waals surface area contributed by atoms with Crippen molar-refractivity contribution in [1.29, 1.82) is 0 Å². The first-order valence-electron chi connectivity index (χ1n) is 10.4. The lowest BCUT2D eigenvalue weighted by molar-refractivity contribution is -0.136. The van der Waals surface area contributed by atoms with Crippen LogP contribution in [0.1, 0.15) is 75.6 Å². The second-order valence-corrected chi connectivity index (χ2v) is 9.99. The van der Waals surface area contributed by atoms with Crippen LogP contribution in [0.3, 0.4) is 0 Å². The third-order valence-corrected chi connectivity index (χ3v) is 7.33. The summed E-state index contributed by atoms with van der Waals surface area (Å²) >= 11 is 0. The summed E-state index contributed by atoms with van der Waals surface area (Å²) < 4.78 is 12.4. The SMILES string of the molecule is COc1c(C)c(C)c2c(c1C)CCC(C)(C1CC(C(C)(C)C)CCC1=O)O2. The van der Waals surface area contributed by atoms with Crippen LogP contribution in [0.2, 0.25) is 0 Å². The fourth-order valence-corrected chi connectivity index (χ4v) is 5.20. The van der Waals surface area contributed by atoms with E-state index in [1.54, 1.807) is 7.11 Å². The van der Waals surface area contributed by atoms with Crippen molar-refractivity contribution in [1.82, 2.24) is 0 Å². The standard InChI is InChI=1S/C24H36O3/c1-14-15(2)22-18(16(3)21(14)26-8)11-12-24(7,27-22)19-13-17(23(4,5)6)9-10-20(19)25/h17,19H,9-13H2,1-8H3. The van der Waals surface area contributed by atoms with E-state index in [-0.39, 0.29) is 11.3 Å². The molecule has 2 aliphatic rings. The van der Waals surface area contributed by atoms with Gasteiger partial charge < -0.3 is 9.47 Å². The number of ether oxygens (including phenoxy) is 2. The number of hydrogen-bond acceptors (Lipinski definition) is 3. The third-order valence-electron chi connectivity index (χ3n) is 7.33. The van der Waals surface area contributed by atoms with Gasteiger partial charge >= 0.3 is 0 Å². The molecule has 3 atom stereocenters. The van der Waals surface area contributed by atoms with E-state index in [1.807, 2.05) is 0 Å². The van der Waals surface area contributed by atoms with Crippen LogP contribution in [0.5, 0.6) is 11.5 Å². The number of ketones is 1. The van der Waals surface area contributed by atoms with E-state index in [4.69, 9.17) is 9.47 Å². The number of carbonyl (C=O) groups excluding carboxylic acids is 1. The summed E-state index contributed by atoms with van der Waals surface area (Å²) in [6.45, 7) is 15.4. The number of methoxy groups -OCH3 is 1. The van der Waals surface area contributed by atoms with Gasteiger partial charge in [0, 0.05) is 12.0 Å². The Morgan fingerprint density at radius 1 is 1.07 bits per heavy atom. The Hall–Kier alpha value is -1.51. The third kappa shape index (κ3) is 3.39. The summed E-state index contributed by atoms with van der Waals surface area (Å²) in [5, 5.41) is 0. The molecule has 0 radical (unpaired) electrons. The topological polar surface area (TPSA) is 35.5 Å². The van der Waals surface area contributed by atoms with Crippen molar-refractivity contribution < 1.29 is 14.3 Å². The zero-order valence-corrected chi connectivity index (χ0v) is 18.4. The van der Waals surface area contributed by atoms with Crippen molar-refractivity contribution >= 4 is 5.78 Å². The van der Waals surface area contributed by atoms with Crippen LogP contribution in [-0.4, -0.2) is 18.5 Å². The van der Waals surface area contributed by atoms with Gasteiger partial charge in [0.15, 0.2) is 0 Å². The van der Waals surface area contributed by atoms with E-state index in [0.717, 1.165) is 48.3 Å². The summed E-state index contributed by atoms with van der Waals surface area (Å²) in [6, 6.07) is 0. The van der Waals surface area contributed by atoms with Gasteiger partial charge in [0.05, 0.1) is 13.0 Å². The molecule has 1 saturated carbocycles. The molecule has 1 aromatic carbocycles. The second-order valence-electron chi connectivity index (χ2n) is 9.99. The van der Waals surface area contributed by atoms with Crippen molar-refractivity contribution in [3.8, 4) is 11.5 Å². The van der Waals surface area contributed by atoms with Crippen molar-refractivity contribution in [3.05, 3.63) is 22.3 Å². The molecule has 1 aromatic rings. The Balaban J connectivity index is 1.97. The maximum absolute atomic E-state index is 12.9. The van der Waals surface area contributed by atoms with E-state index in [1.165, 1.54) is 11.1 Å². The van der Waals surface area contributed by atoms with Crippen LogP contribution >= 0.6 is 0 Å². The minimum absolute atomic E-state index is 0.00858. The van der Waals surface area contributed by atoms with Gasteiger partial charge in [-0.3, -0.25) is 4.79 Å². The number of benzene rings is 1. The molecule has 27 heavy (non-hydrogen) atoms. The fraction of sp³-hybridized carbons (Fsp3) is 0.708. The lowest BCUT2D eigenvalue weighted by atomic mass is 9.64. The number of hydrogen-bond donors (Lipinski definition) is 0. The smallest absolute Gasteiger partial charge is 0.139 e. The van der Waals surface area contributed by atoms with Crippen LogP contribution < -0.4 is 9.47 Å². The van der Waals surface area contributed by atoms with Gasteiger partial charge in [-0.05, 0) is 81.4 Å². The fourth-order valence-electron chi connectivity index (χ4n) is 5.20. The van der Waals surface area contributed by atoms with E-state index >= 15 is 0 Å². The second kappa shape index (κ2) is 6.83. The Labute approximate surface area is 164 Å². The minimum atomic E-state index is -0.410. The molecular weight excluding hydrogens is 336 g/mol. The summed E-state index contributed by atoms with van der Waals surface area (Å²) in [5.74, 6) is 2.92. The highest BCUT2D eigenvalue weighted by Gasteiger charge is 2.48. The first-order valence-corrected chi connectivity index (χ1v) is 10.4. The molecule has 1 aliphatic carbocycles. The Kier molecular flexibility index (Phi) is 5.12. The maximum atomic E-state index is 12.9. The highest BCUT2D eigenvalue weighted by molar-refractivity contribution is 5.83. The predicted octanol–water partition coefficient (Wildman–Crippen LogP) is 5.74. The lowest BCUT2D eigenvalue weighted by Crippen LogP contribution is -2.50. The Morgan fingerprint density at radius 3 is 2.33 bits per heavy atom. The van der Waals surface area contributed by atoms with Crippen LogP contribution in [0.4, 0.5) is 0 Å². The largest absolute Gasteiger partial charge is 0.496 e. The first-order chi connectivity index (χ1) is 12.5. The molecule has 0 spiro atoms. The van der Waals surface area contributed by atoms with Crippen LogP contribution in [0.15, 0.2) is 0 Å². The van der Waals surface area contributed by atoms with E-state index in [9.17, 15) is 4.79 Å². The molecule has 0 amide bonds. The summed E-state index contributed by atoms with van der Waals surface area (Å²) in [5.41, 5.74) is 4.54. The molecule has 0 bridgehead atoms. The normalized spacial score (nSPS) is 28.5. The monoisotopic (exact) mass is 372 g/mol. The summed E-state index contributed by atoms with van der Waals surface area (Å²) in [7, 11) is 1.74. The number of rotatable bonds is 2. The first kappa shape index (κ1) is 20.2. The summed E-state index contributed by atoms with van der Waals surface area (Å²) in [4.78, 5) is 12.9. The zero-order valence-electron chi connectivity index (χ0n) is 18.4. The van der Waals surface area contributed by atoms with Gasteiger partial charge in [0.1, 0.15) is 22.9 Å². The molecule has 1 heterocycles. The molecule has 3 unspecified atom stereocenters. The molecular formula is C24H36O3. The van der Waals surface area contributed by atoms with E-state index in [0.29, 0.717) is 18.1 Å². The molecule has 1 aliphatic heterocycles. The van der Waals surface area contributed by atoms with Crippen LogP contribution in [0.25, 0.3) is 0 Å². The van der Waals surface area contributed by atoms with Crippen molar-refractivity contribution in [2.75, 3.05) is 7.11 Å². The molecule has 150 valence electrons.